The molecular weight excluding hydrogens is 700 g/mol. The molecule has 7 fully saturated rings. The van der Waals surface area contributed by atoms with Crippen molar-refractivity contribution in [2.75, 3.05) is 13.2 Å². The molecule has 0 aromatic carbocycles. The van der Waals surface area contributed by atoms with Crippen LogP contribution in [0.2, 0.25) is 0 Å². The summed E-state index contributed by atoms with van der Waals surface area (Å²) in [7, 11) is 0. The third-order valence-corrected chi connectivity index (χ3v) is 17.3. The van der Waals surface area contributed by atoms with Crippen LogP contribution < -0.4 is 0 Å². The lowest BCUT2D eigenvalue weighted by molar-refractivity contribution is -0.370. The predicted octanol–water partition coefficient (Wildman–Crippen LogP) is 1.94. The van der Waals surface area contributed by atoms with Gasteiger partial charge in [0.2, 0.25) is 0 Å². The van der Waals surface area contributed by atoms with E-state index in [1.54, 1.807) is 0 Å². The van der Waals surface area contributed by atoms with E-state index in [4.69, 9.17) is 23.7 Å². The van der Waals surface area contributed by atoms with Crippen LogP contribution >= 0.6 is 0 Å². The smallest absolute Gasteiger partial charge is 0.315 e. The van der Waals surface area contributed by atoms with Crippen LogP contribution in [0.25, 0.3) is 0 Å². The van der Waals surface area contributed by atoms with Gasteiger partial charge in [0.1, 0.15) is 54.2 Å². The summed E-state index contributed by atoms with van der Waals surface area (Å²) in [4.78, 5) is 13.7. The Morgan fingerprint density at radius 2 is 1.54 bits per heavy atom. The number of hydrogen-bond acceptors (Lipinski definition) is 13. The van der Waals surface area contributed by atoms with Crippen molar-refractivity contribution in [3.8, 4) is 0 Å². The van der Waals surface area contributed by atoms with E-state index in [9.17, 15) is 40.5 Å². The Morgan fingerprint density at radius 3 is 2.24 bits per heavy atom. The number of aliphatic hydroxyl groups excluding tert-OH is 7. The molecule has 4 saturated carbocycles. The highest BCUT2D eigenvalue weighted by molar-refractivity contribution is 5.82. The number of allylic oxidation sites excluding steroid dienone is 2. The number of rotatable bonds is 5. The zero-order valence-corrected chi connectivity index (χ0v) is 32.9. The molecule has 8 rings (SSSR count). The maximum atomic E-state index is 13.7. The largest absolute Gasteiger partial charge is 0.461 e. The number of ether oxygens (including phenoxy) is 5. The van der Waals surface area contributed by atoms with Gasteiger partial charge in [-0.25, -0.2) is 0 Å². The number of fused-ring (bicyclic) bond motifs is 7. The summed E-state index contributed by atoms with van der Waals surface area (Å²) in [6.07, 6.45) is -5.40. The summed E-state index contributed by atoms with van der Waals surface area (Å²) in [6, 6.07) is 0. The Kier molecular flexibility index (Phi) is 9.45. The summed E-state index contributed by atoms with van der Waals surface area (Å²) in [5, 5.41) is 75.0. The van der Waals surface area contributed by atoms with Gasteiger partial charge in [-0.1, -0.05) is 60.1 Å². The third-order valence-electron chi connectivity index (χ3n) is 17.3. The van der Waals surface area contributed by atoms with Crippen molar-refractivity contribution >= 4 is 5.97 Å². The van der Waals surface area contributed by atoms with Gasteiger partial charge in [-0.05, 0) is 84.4 Å². The minimum Gasteiger partial charge on any atom is -0.461 e. The highest BCUT2D eigenvalue weighted by Gasteiger charge is 2.74. The normalized spacial score (nSPS) is 56.1. The molecule has 5 aliphatic carbocycles. The number of carbonyl (C=O) groups excluding carboxylic acids is 1. The lowest BCUT2D eigenvalue weighted by Gasteiger charge is -2.71. The molecule has 0 radical (unpaired) electrons. The van der Waals surface area contributed by atoms with Gasteiger partial charge in [-0.15, -0.1) is 0 Å². The van der Waals surface area contributed by atoms with Crippen molar-refractivity contribution in [3.05, 3.63) is 11.6 Å². The van der Waals surface area contributed by atoms with Gasteiger partial charge in [-0.2, -0.15) is 0 Å². The molecule has 1 spiro atoms. The summed E-state index contributed by atoms with van der Waals surface area (Å²) in [6.45, 7) is 15.2. The summed E-state index contributed by atoms with van der Waals surface area (Å²) in [5.74, 6) is 0.268. The maximum Gasteiger partial charge on any atom is 0.315 e. The zero-order chi connectivity index (χ0) is 39.1. The molecular formula is C41H64O13. The molecule has 0 aromatic rings. The van der Waals surface area contributed by atoms with E-state index < -0.39 is 78.8 Å². The van der Waals surface area contributed by atoms with Crippen LogP contribution in [0.1, 0.15) is 99.8 Å². The second kappa shape index (κ2) is 12.9. The van der Waals surface area contributed by atoms with Crippen molar-refractivity contribution in [1.82, 2.24) is 0 Å². The van der Waals surface area contributed by atoms with Crippen molar-refractivity contribution in [1.29, 1.82) is 0 Å². The van der Waals surface area contributed by atoms with Gasteiger partial charge in [0.15, 0.2) is 12.6 Å². The van der Waals surface area contributed by atoms with E-state index in [-0.39, 0.29) is 58.3 Å². The van der Waals surface area contributed by atoms with E-state index in [2.05, 4.69) is 54.5 Å². The molecule has 0 amide bonds. The predicted molar refractivity (Wildman–Crippen MR) is 191 cm³/mol. The number of carbonyl (C=O) groups is 1. The molecule has 3 heterocycles. The number of hydrogen-bond donors (Lipinski definition) is 7. The molecule has 19 unspecified atom stereocenters. The molecule has 7 N–H and O–H groups in total. The van der Waals surface area contributed by atoms with Crippen LogP contribution in [0, 0.1) is 50.2 Å². The number of aliphatic hydroxyl groups is 7. The molecule has 8 aliphatic rings. The average Bonchev–Trinajstić information content (AvgIpc) is 3.43. The topological polar surface area (TPSA) is 205 Å². The molecule has 3 aliphatic heterocycles. The monoisotopic (exact) mass is 764 g/mol. The Bertz CT molecular complexity index is 1520. The molecule has 13 heteroatoms. The SMILES string of the molecule is CC1(C)CC2C3=CCC4C5(C)CCC(OC6OC(CO)C(O)C(O)C6OC6OCC(O)C(O)C6O)C(C)(C)C5CCC4(C)C3(C)CC(O)C23CC1OC3=O. The molecule has 3 saturated heterocycles. The van der Waals surface area contributed by atoms with Crippen molar-refractivity contribution in [3.63, 3.8) is 0 Å². The molecule has 13 nitrogen and oxygen atoms in total. The molecule has 54 heavy (non-hydrogen) atoms. The summed E-state index contributed by atoms with van der Waals surface area (Å²) >= 11 is 0. The average molecular weight is 765 g/mol. The fraction of sp³-hybridized carbons (Fsp3) is 0.927. The second-order valence-electron chi connectivity index (χ2n) is 20.4. The van der Waals surface area contributed by atoms with Gasteiger partial charge in [0.25, 0.3) is 0 Å². The Morgan fingerprint density at radius 1 is 0.815 bits per heavy atom. The van der Waals surface area contributed by atoms with Crippen LogP contribution in [0.15, 0.2) is 11.6 Å². The lowest BCUT2D eigenvalue weighted by Crippen LogP contribution is -2.67. The third kappa shape index (κ3) is 5.25. The first kappa shape index (κ1) is 39.6. The highest BCUT2D eigenvalue weighted by atomic mass is 16.8. The molecule has 19 atom stereocenters. The minimum atomic E-state index is -1.63. The van der Waals surface area contributed by atoms with Crippen molar-refractivity contribution in [2.24, 2.45) is 50.2 Å². The van der Waals surface area contributed by atoms with E-state index in [0.717, 1.165) is 32.1 Å². The zero-order valence-electron chi connectivity index (χ0n) is 32.9. The maximum absolute atomic E-state index is 13.7. The summed E-state index contributed by atoms with van der Waals surface area (Å²) in [5.41, 5.74) is -0.593. The van der Waals surface area contributed by atoms with Crippen LogP contribution in [-0.4, -0.2) is 129 Å². The van der Waals surface area contributed by atoms with E-state index >= 15 is 0 Å². The van der Waals surface area contributed by atoms with Gasteiger partial charge >= 0.3 is 5.97 Å². The van der Waals surface area contributed by atoms with Crippen LogP contribution in [-0.2, 0) is 28.5 Å². The van der Waals surface area contributed by atoms with Crippen molar-refractivity contribution in [2.45, 2.75) is 173 Å². The van der Waals surface area contributed by atoms with Crippen LogP contribution in [0.4, 0.5) is 0 Å². The first-order valence-electron chi connectivity index (χ1n) is 20.4. The molecule has 306 valence electrons. The van der Waals surface area contributed by atoms with Gasteiger partial charge in [0, 0.05) is 11.8 Å². The lowest BCUT2D eigenvalue weighted by atomic mass is 9.33. The Labute approximate surface area is 318 Å². The first-order valence-corrected chi connectivity index (χ1v) is 20.4. The van der Waals surface area contributed by atoms with Gasteiger partial charge in [0.05, 0.1) is 25.4 Å². The van der Waals surface area contributed by atoms with Crippen molar-refractivity contribution < 1.29 is 64.2 Å². The van der Waals surface area contributed by atoms with E-state index in [0.29, 0.717) is 25.2 Å². The fourth-order valence-corrected chi connectivity index (χ4v) is 13.9. The standard InChI is InChI=1S/C41H64O13/c1-36(2)14-20-19-8-9-24-38(5)12-11-26(52-34-32(30(47)29(46)22(17-42)51-34)54-33-31(48)28(45)21(43)18-50-33)37(3,4)23(38)10-13-39(24,6)40(19,7)15-25(44)41(20)16-27(36)53-35(41)49/h8,20-34,42-48H,9-18H2,1-7H3. The second-order valence-corrected chi connectivity index (χ2v) is 20.4. The van der Waals surface area contributed by atoms with Crippen LogP contribution in [0.5, 0.6) is 0 Å². The summed E-state index contributed by atoms with van der Waals surface area (Å²) < 4.78 is 30.3. The molecule has 2 bridgehead atoms. The Hall–Kier alpha value is -1.23. The highest BCUT2D eigenvalue weighted by Crippen LogP contribution is 2.76. The number of esters is 1. The quantitative estimate of drug-likeness (QED) is 0.122. The first-order chi connectivity index (χ1) is 25.2. The van der Waals surface area contributed by atoms with Crippen LogP contribution in [0.3, 0.4) is 0 Å². The fourth-order valence-electron chi connectivity index (χ4n) is 13.9. The van der Waals surface area contributed by atoms with E-state index in [1.165, 1.54) is 5.57 Å². The molecule has 0 aromatic heterocycles. The van der Waals surface area contributed by atoms with E-state index in [1.807, 2.05) is 0 Å². The minimum absolute atomic E-state index is 0.0490. The van der Waals surface area contributed by atoms with Gasteiger partial charge < -0.3 is 59.4 Å². The Balaban J connectivity index is 1.06. The van der Waals surface area contributed by atoms with Gasteiger partial charge in [-0.3, -0.25) is 4.79 Å².